The number of methoxy groups -OCH3 is 1. The van der Waals surface area contributed by atoms with Crippen LogP contribution in [0.25, 0.3) is 0 Å². The molecule has 0 aromatic heterocycles. The van der Waals surface area contributed by atoms with Crippen LogP contribution in [0.4, 0.5) is 0 Å². The summed E-state index contributed by atoms with van der Waals surface area (Å²) >= 11 is 0. The molecule has 0 saturated carbocycles. The largest absolute Gasteiger partial charge is 0.512 e. The first kappa shape index (κ1) is 90.3. The van der Waals surface area contributed by atoms with Crippen molar-refractivity contribution in [1.29, 1.82) is 0 Å². The molecule has 0 amide bonds. The Morgan fingerprint density at radius 1 is 0.507 bits per heavy atom. The zero-order valence-corrected chi connectivity index (χ0v) is 55.6. The van der Waals surface area contributed by atoms with Crippen molar-refractivity contribution < 1.29 is 25.0 Å². The predicted molar refractivity (Wildman–Crippen MR) is 319 cm³/mol. The predicted octanol–water partition coefficient (Wildman–Crippen LogP) is 20.9. The fraction of sp³-hybridized carbons (Fsp3) is 0.871. The van der Waals surface area contributed by atoms with Gasteiger partial charge in [-0.2, -0.15) is 0 Å². The summed E-state index contributed by atoms with van der Waals surface area (Å²) < 4.78 is 10.2. The maximum Gasteiger partial charge on any atom is 0.0904 e. The number of hydrogen-bond donors (Lipinski definition) is 4. The molecule has 69 heavy (non-hydrogen) atoms. The van der Waals surface area contributed by atoms with E-state index in [9.17, 15) is 0 Å². The van der Waals surface area contributed by atoms with Gasteiger partial charge in [0.2, 0.25) is 0 Å². The molecular weight excluding hydrogens is 853 g/mol. The fourth-order valence-electron chi connectivity index (χ4n) is 1.37. The summed E-state index contributed by atoms with van der Waals surface area (Å²) in [5.41, 5.74) is 3.92. The van der Waals surface area contributed by atoms with E-state index < -0.39 is 5.54 Å². The average molecular weight is 992 g/mol. The van der Waals surface area contributed by atoms with Crippen molar-refractivity contribution in [3.8, 4) is 0 Å². The third-order valence-electron chi connectivity index (χ3n) is 6.11. The van der Waals surface area contributed by atoms with E-state index in [1.807, 2.05) is 55.5 Å². The summed E-state index contributed by atoms with van der Waals surface area (Å²) in [4.78, 5) is 0. The summed E-state index contributed by atoms with van der Waals surface area (Å²) in [7, 11) is 3.67. The number of benzene rings is 1. The molecule has 0 atom stereocenters. The van der Waals surface area contributed by atoms with E-state index in [4.69, 9.17) is 25.0 Å². The Kier molecular flexibility index (Phi) is 53.6. The lowest BCUT2D eigenvalue weighted by molar-refractivity contribution is -0.352. The van der Waals surface area contributed by atoms with Gasteiger partial charge in [-0.1, -0.05) is 229 Å². The number of aliphatic hydroxyl groups excluding tert-OH is 1. The van der Waals surface area contributed by atoms with E-state index in [0.29, 0.717) is 38.0 Å². The Balaban J connectivity index is -0.0000000699. The van der Waals surface area contributed by atoms with Crippen LogP contribution >= 0.6 is 0 Å². The molecule has 4 N–H and O–H groups in total. The van der Waals surface area contributed by atoms with E-state index >= 15 is 0 Å². The van der Waals surface area contributed by atoms with Crippen LogP contribution < -0.4 is 5.32 Å². The van der Waals surface area contributed by atoms with E-state index in [2.05, 4.69) is 243 Å². The third kappa shape index (κ3) is 197. The van der Waals surface area contributed by atoms with Crippen LogP contribution in [0.5, 0.6) is 0 Å². The summed E-state index contributed by atoms with van der Waals surface area (Å²) in [5, 5.41) is 28.5. The number of rotatable bonds is 1. The van der Waals surface area contributed by atoms with Crippen molar-refractivity contribution in [3.63, 3.8) is 0 Å². The minimum Gasteiger partial charge on any atom is -0.512 e. The number of nitrogens with one attached hydrogen (secondary N) is 1. The van der Waals surface area contributed by atoms with E-state index in [0.717, 1.165) is 6.61 Å². The second kappa shape index (κ2) is 40.9. The molecule has 0 spiro atoms. The van der Waals surface area contributed by atoms with Crippen LogP contribution in [0.2, 0.25) is 0 Å². The Morgan fingerprint density at radius 3 is 0.739 bits per heavy atom. The minimum atomic E-state index is -0.556. The van der Waals surface area contributed by atoms with Crippen LogP contribution in [0.1, 0.15) is 282 Å². The molecule has 0 fully saturated rings. The molecule has 1 aromatic carbocycles. The maximum absolute atomic E-state index is 8.69. The zero-order chi connectivity index (χ0) is 59.3. The Morgan fingerprint density at radius 2 is 0.696 bits per heavy atom. The molecule has 1 rings (SSSR count). The highest BCUT2D eigenvalue weighted by molar-refractivity contribution is 5.22. The van der Waals surface area contributed by atoms with E-state index in [1.54, 1.807) is 27.9 Å². The first-order valence-corrected chi connectivity index (χ1v) is 25.7. The standard InChI is InChI=1S/C10H14.C6H14O.C6H12O.C6H14.C5H13N.C5H12O.4C5H12.C4H11NO2/c1-10(2,3)9-7-5-4-6-8-9;1-5-7-6(2,3)4;1-5(7)6(2,3)4;1-5-6(2,3)4;2*1-5(2,3)6-4;4*1-5(2,3)4;1-4(2,3)5(6)7/h4-8H,1-3H3;5H2,1-4H3;7H,1H2,2-4H3;5H2,1-4H3;6H,1-4H3;1-4H3;4*1-4H3;6-7H,1-3H3. The minimum absolute atomic E-state index is 0.0417. The van der Waals surface area contributed by atoms with Gasteiger partial charge in [0.1, 0.15) is 0 Å². The quantitative estimate of drug-likeness (QED) is 0.164. The third-order valence-corrected chi connectivity index (χ3v) is 6.11. The maximum atomic E-state index is 8.69. The smallest absolute Gasteiger partial charge is 0.0904 e. The Bertz CT molecular complexity index is 1100. The first-order valence-electron chi connectivity index (χ1n) is 25.7. The van der Waals surface area contributed by atoms with Crippen LogP contribution in [0, 0.1) is 32.5 Å². The van der Waals surface area contributed by atoms with Crippen molar-refractivity contribution in [2.45, 2.75) is 304 Å². The average Bonchev–Trinajstić information content (AvgIpc) is 3.01. The number of allylic oxidation sites excluding steroid dienone is 1. The Hall–Kier alpha value is -1.48. The topological polar surface area (TPSA) is 94.4 Å². The molecule has 0 saturated heterocycles. The normalized spacial score (nSPS) is 11.9. The number of ether oxygens (including phenoxy) is 2. The summed E-state index contributed by atoms with van der Waals surface area (Å²) in [6.45, 7) is 86.2. The van der Waals surface area contributed by atoms with Crippen molar-refractivity contribution in [1.82, 2.24) is 10.5 Å². The van der Waals surface area contributed by atoms with Gasteiger partial charge in [-0.15, -0.1) is 0 Å². The van der Waals surface area contributed by atoms with Gasteiger partial charge in [-0.25, -0.2) is 0 Å². The van der Waals surface area contributed by atoms with Crippen LogP contribution in [0.3, 0.4) is 0 Å². The second-order valence-corrected chi connectivity index (χ2v) is 31.0. The first-order chi connectivity index (χ1) is 29.2. The molecule has 0 aliphatic heterocycles. The van der Waals surface area contributed by atoms with Crippen molar-refractivity contribution in [2.75, 3.05) is 20.8 Å². The second-order valence-electron chi connectivity index (χ2n) is 31.0. The van der Waals surface area contributed by atoms with Gasteiger partial charge >= 0.3 is 0 Å². The van der Waals surface area contributed by atoms with Crippen molar-refractivity contribution >= 4 is 0 Å². The number of aliphatic hydroxyl groups is 1. The number of hydrogen-bond acceptors (Lipinski definition) is 7. The van der Waals surface area contributed by atoms with Gasteiger partial charge in [0.25, 0.3) is 0 Å². The van der Waals surface area contributed by atoms with Crippen LogP contribution in [-0.4, -0.2) is 63.8 Å². The summed E-state index contributed by atoms with van der Waals surface area (Å²) in [6, 6.07) is 10.6. The van der Waals surface area contributed by atoms with Gasteiger partial charge in [-0.3, -0.25) is 10.4 Å². The lowest BCUT2D eigenvalue weighted by Gasteiger charge is -2.21. The van der Waals surface area contributed by atoms with Gasteiger partial charge in [0, 0.05) is 24.7 Å². The molecule has 1 aromatic rings. The van der Waals surface area contributed by atoms with Gasteiger partial charge in [0.05, 0.1) is 22.5 Å². The molecule has 0 bridgehead atoms. The monoisotopic (exact) mass is 991 g/mol. The molecule has 7 heteroatoms. The SMILES string of the molecule is C=C(O)C(C)(C)C.CC(C)(C)C.CC(C)(C)C.CC(C)(C)C.CC(C)(C)C.CC(C)(C)N(O)O.CC(C)(C)c1ccccc1.CCC(C)(C)C.CCOC(C)(C)C.CNC(C)(C)C.COC(C)(C)C. The molecule has 0 heterocycles. The van der Waals surface area contributed by atoms with Crippen molar-refractivity contribution in [3.05, 3.63) is 48.2 Å². The molecule has 7 nitrogen and oxygen atoms in total. The molecular formula is C62H138N2O5. The number of hydroxylamine groups is 2. The molecule has 0 radical (unpaired) electrons. The molecule has 0 unspecified atom stereocenters. The molecule has 426 valence electrons. The van der Waals surface area contributed by atoms with Gasteiger partial charge in [-0.05, 0) is 135 Å². The molecule has 0 aliphatic rings. The number of nitrogens with zero attached hydrogens (tertiary/aromatic N) is 1. The highest BCUT2D eigenvalue weighted by atomic mass is 16.8. The summed E-state index contributed by atoms with van der Waals surface area (Å²) in [5.74, 6) is 0.243. The lowest BCUT2D eigenvalue weighted by atomic mass is 9.87. The molecule has 0 aliphatic carbocycles. The lowest BCUT2D eigenvalue weighted by Crippen LogP contribution is -2.35. The van der Waals surface area contributed by atoms with Crippen LogP contribution in [-0.2, 0) is 14.9 Å². The van der Waals surface area contributed by atoms with Gasteiger partial charge in [0.15, 0.2) is 0 Å². The highest BCUT2D eigenvalue weighted by Crippen LogP contribution is 2.21. The van der Waals surface area contributed by atoms with Gasteiger partial charge < -0.3 is 19.9 Å². The Labute approximate surface area is 439 Å². The zero-order valence-electron chi connectivity index (χ0n) is 55.6. The highest BCUT2D eigenvalue weighted by Gasteiger charge is 2.16. The van der Waals surface area contributed by atoms with E-state index in [1.165, 1.54) is 12.0 Å². The van der Waals surface area contributed by atoms with Crippen molar-refractivity contribution in [2.24, 2.45) is 32.5 Å². The summed E-state index contributed by atoms with van der Waals surface area (Å²) in [6.07, 6.45) is 1.27. The fourth-order valence-corrected chi connectivity index (χ4v) is 1.37. The van der Waals surface area contributed by atoms with Crippen LogP contribution in [0.15, 0.2) is 42.7 Å². The van der Waals surface area contributed by atoms with E-state index in [-0.39, 0.29) is 27.6 Å².